The van der Waals surface area contributed by atoms with Crippen molar-refractivity contribution in [1.82, 2.24) is 0 Å². The highest BCUT2D eigenvalue weighted by Gasteiger charge is 2.38. The lowest BCUT2D eigenvalue weighted by Gasteiger charge is -2.34. The van der Waals surface area contributed by atoms with Gasteiger partial charge in [0.2, 0.25) is 0 Å². The molecule has 20 heavy (non-hydrogen) atoms. The summed E-state index contributed by atoms with van der Waals surface area (Å²) in [5.74, 6) is 0.995. The average Bonchev–Trinajstić information content (AvgIpc) is 2.89. The number of methoxy groups -OCH3 is 1. The molecule has 1 fully saturated rings. The van der Waals surface area contributed by atoms with Crippen LogP contribution < -0.4 is 9.47 Å². The number of halogens is 2. The topological polar surface area (TPSA) is 18.5 Å². The molecule has 0 bridgehead atoms. The molecule has 0 radical (unpaired) electrons. The van der Waals surface area contributed by atoms with Crippen molar-refractivity contribution in [3.63, 3.8) is 0 Å². The Balaban J connectivity index is 2.37. The maximum absolute atomic E-state index is 12.4. The Morgan fingerprint density at radius 1 is 1.10 bits per heavy atom. The van der Waals surface area contributed by atoms with E-state index in [0.717, 1.165) is 12.8 Å². The summed E-state index contributed by atoms with van der Waals surface area (Å²) in [7, 11) is 1.48. The molecule has 1 aromatic rings. The van der Waals surface area contributed by atoms with Crippen molar-refractivity contribution >= 4 is 0 Å². The number of hydrogen-bond acceptors (Lipinski definition) is 2. The van der Waals surface area contributed by atoms with Crippen molar-refractivity contribution in [2.45, 2.75) is 51.6 Å². The molecule has 0 spiro atoms. The summed E-state index contributed by atoms with van der Waals surface area (Å²) in [5.41, 5.74) is 1.31. The van der Waals surface area contributed by atoms with Gasteiger partial charge in [0.05, 0.1) is 7.11 Å². The molecule has 1 aliphatic carbocycles. The van der Waals surface area contributed by atoms with Gasteiger partial charge >= 0.3 is 6.61 Å². The zero-order chi connectivity index (χ0) is 14.8. The Morgan fingerprint density at radius 3 is 2.25 bits per heavy atom. The second kappa shape index (κ2) is 5.98. The van der Waals surface area contributed by atoms with E-state index in [4.69, 9.17) is 4.74 Å². The van der Waals surface area contributed by atoms with Crippen LogP contribution in [0.3, 0.4) is 0 Å². The Morgan fingerprint density at radius 2 is 1.75 bits per heavy atom. The molecule has 0 heterocycles. The van der Waals surface area contributed by atoms with E-state index < -0.39 is 6.61 Å². The van der Waals surface area contributed by atoms with E-state index in [2.05, 4.69) is 18.6 Å². The highest BCUT2D eigenvalue weighted by molar-refractivity contribution is 5.45. The smallest absolute Gasteiger partial charge is 0.387 e. The Bertz CT molecular complexity index is 452. The summed E-state index contributed by atoms with van der Waals surface area (Å²) in [5, 5.41) is 0. The summed E-state index contributed by atoms with van der Waals surface area (Å²) in [4.78, 5) is 0. The predicted octanol–water partition coefficient (Wildman–Crippen LogP) is 4.76. The van der Waals surface area contributed by atoms with Crippen LogP contribution in [0.2, 0.25) is 0 Å². The molecule has 0 aliphatic heterocycles. The molecule has 112 valence electrons. The summed E-state index contributed by atoms with van der Waals surface area (Å²) >= 11 is 0. The van der Waals surface area contributed by atoms with Crippen molar-refractivity contribution in [3.05, 3.63) is 23.8 Å². The highest BCUT2D eigenvalue weighted by Crippen LogP contribution is 2.48. The van der Waals surface area contributed by atoms with Gasteiger partial charge in [-0.25, -0.2) is 0 Å². The molecule has 0 N–H and O–H groups in total. The number of benzene rings is 1. The lowest BCUT2D eigenvalue weighted by atomic mass is 9.70. The Labute approximate surface area is 119 Å². The standard InChI is InChI=1S/C16H22F2O2/c1-11(2)16(8-4-5-9-16)12-6-7-13(20-15(17)18)14(10-12)19-3/h6-7,10-11,15H,4-5,8-9H2,1-3H3. The van der Waals surface area contributed by atoms with Gasteiger partial charge < -0.3 is 9.47 Å². The van der Waals surface area contributed by atoms with Crippen LogP contribution in [0.1, 0.15) is 45.1 Å². The number of rotatable bonds is 5. The molecule has 4 heteroatoms. The molecule has 0 atom stereocenters. The lowest BCUT2D eigenvalue weighted by molar-refractivity contribution is -0.0512. The van der Waals surface area contributed by atoms with Crippen LogP contribution in [0.4, 0.5) is 8.78 Å². The van der Waals surface area contributed by atoms with E-state index in [0.29, 0.717) is 11.7 Å². The molecule has 0 unspecified atom stereocenters. The minimum atomic E-state index is -2.83. The third-order valence-electron chi connectivity index (χ3n) is 4.56. The Kier molecular flexibility index (Phi) is 4.51. The quantitative estimate of drug-likeness (QED) is 0.775. The molecule has 2 rings (SSSR count). The minimum absolute atomic E-state index is 0.100. The van der Waals surface area contributed by atoms with E-state index in [1.807, 2.05) is 12.1 Å². The van der Waals surface area contributed by atoms with E-state index in [1.54, 1.807) is 6.07 Å². The third kappa shape index (κ3) is 2.74. The molecular weight excluding hydrogens is 262 g/mol. The molecule has 0 saturated heterocycles. The zero-order valence-corrected chi connectivity index (χ0v) is 12.3. The molecule has 1 aliphatic rings. The van der Waals surface area contributed by atoms with Gasteiger partial charge in [-0.05, 0) is 41.9 Å². The Hall–Kier alpha value is -1.32. The maximum Gasteiger partial charge on any atom is 0.387 e. The fourth-order valence-electron chi connectivity index (χ4n) is 3.38. The first kappa shape index (κ1) is 15.1. The van der Waals surface area contributed by atoms with Gasteiger partial charge in [0.15, 0.2) is 11.5 Å². The van der Waals surface area contributed by atoms with Crippen LogP contribution in [0.5, 0.6) is 11.5 Å². The lowest BCUT2D eigenvalue weighted by Crippen LogP contribution is -2.28. The van der Waals surface area contributed by atoms with Gasteiger partial charge in [-0.1, -0.05) is 32.8 Å². The van der Waals surface area contributed by atoms with Gasteiger partial charge in [-0.3, -0.25) is 0 Å². The zero-order valence-electron chi connectivity index (χ0n) is 12.3. The van der Waals surface area contributed by atoms with Crippen LogP contribution >= 0.6 is 0 Å². The summed E-state index contributed by atoms with van der Waals surface area (Å²) in [6.07, 6.45) is 4.72. The van der Waals surface area contributed by atoms with Gasteiger partial charge in [-0.2, -0.15) is 8.78 Å². The van der Waals surface area contributed by atoms with Crippen molar-refractivity contribution < 1.29 is 18.3 Å². The van der Waals surface area contributed by atoms with Crippen LogP contribution in [-0.4, -0.2) is 13.7 Å². The first-order valence-corrected chi connectivity index (χ1v) is 7.13. The number of ether oxygens (including phenoxy) is 2. The normalized spacial score (nSPS) is 17.8. The second-order valence-electron chi connectivity index (χ2n) is 5.76. The molecule has 0 amide bonds. The van der Waals surface area contributed by atoms with Gasteiger partial charge in [0.1, 0.15) is 0 Å². The largest absolute Gasteiger partial charge is 0.493 e. The molecule has 0 aromatic heterocycles. The first-order chi connectivity index (χ1) is 9.49. The monoisotopic (exact) mass is 284 g/mol. The maximum atomic E-state index is 12.4. The number of hydrogen-bond donors (Lipinski definition) is 0. The fourth-order valence-corrected chi connectivity index (χ4v) is 3.38. The minimum Gasteiger partial charge on any atom is -0.493 e. The molecular formula is C16H22F2O2. The summed E-state index contributed by atoms with van der Waals surface area (Å²) < 4.78 is 34.4. The third-order valence-corrected chi connectivity index (χ3v) is 4.56. The molecule has 1 aromatic carbocycles. The second-order valence-corrected chi connectivity index (χ2v) is 5.76. The van der Waals surface area contributed by atoms with Crippen molar-refractivity contribution in [2.75, 3.05) is 7.11 Å². The average molecular weight is 284 g/mol. The van der Waals surface area contributed by atoms with E-state index >= 15 is 0 Å². The summed E-state index contributed by atoms with van der Waals surface area (Å²) in [6, 6.07) is 5.37. The van der Waals surface area contributed by atoms with Crippen LogP contribution in [0.15, 0.2) is 18.2 Å². The van der Waals surface area contributed by atoms with Crippen molar-refractivity contribution in [3.8, 4) is 11.5 Å². The molecule has 2 nitrogen and oxygen atoms in total. The molecule has 1 saturated carbocycles. The summed E-state index contributed by atoms with van der Waals surface area (Å²) in [6.45, 7) is 1.61. The van der Waals surface area contributed by atoms with E-state index in [1.165, 1.54) is 25.5 Å². The van der Waals surface area contributed by atoms with Gasteiger partial charge in [0, 0.05) is 0 Å². The van der Waals surface area contributed by atoms with Crippen LogP contribution in [0.25, 0.3) is 0 Å². The van der Waals surface area contributed by atoms with Crippen LogP contribution in [0, 0.1) is 5.92 Å². The SMILES string of the molecule is COc1cc(C2(C(C)C)CCCC2)ccc1OC(F)F. The highest BCUT2D eigenvalue weighted by atomic mass is 19.3. The van der Waals surface area contributed by atoms with Crippen molar-refractivity contribution in [2.24, 2.45) is 5.92 Å². The first-order valence-electron chi connectivity index (χ1n) is 7.13. The van der Waals surface area contributed by atoms with E-state index in [-0.39, 0.29) is 11.2 Å². The van der Waals surface area contributed by atoms with E-state index in [9.17, 15) is 8.78 Å². The fraction of sp³-hybridized carbons (Fsp3) is 0.625. The predicted molar refractivity (Wildman–Crippen MR) is 74.6 cm³/mol. The van der Waals surface area contributed by atoms with Gasteiger partial charge in [0.25, 0.3) is 0 Å². The van der Waals surface area contributed by atoms with Crippen LogP contribution in [-0.2, 0) is 5.41 Å². The van der Waals surface area contributed by atoms with Crippen molar-refractivity contribution in [1.29, 1.82) is 0 Å². The van der Waals surface area contributed by atoms with Gasteiger partial charge in [-0.15, -0.1) is 0 Å². The number of alkyl halides is 2.